The van der Waals surface area contributed by atoms with Gasteiger partial charge in [0.1, 0.15) is 5.75 Å². The van der Waals surface area contributed by atoms with Crippen molar-refractivity contribution in [1.29, 1.82) is 0 Å². The molecule has 2 nitrogen and oxygen atoms in total. The fourth-order valence-electron chi connectivity index (χ4n) is 3.06. The van der Waals surface area contributed by atoms with E-state index in [2.05, 4.69) is 38.1 Å². The summed E-state index contributed by atoms with van der Waals surface area (Å²) in [6.45, 7) is 5.19. The van der Waals surface area contributed by atoms with E-state index in [1.54, 1.807) is 0 Å². The third-order valence-corrected chi connectivity index (χ3v) is 5.71. The fourth-order valence-corrected chi connectivity index (χ4v) is 3.84. The predicted molar refractivity (Wildman–Crippen MR) is 121 cm³/mol. The van der Waals surface area contributed by atoms with E-state index in [0.717, 1.165) is 42.1 Å². The number of carbonyl (C=O) groups excluding carboxylic acids is 1. The van der Waals surface area contributed by atoms with Crippen LogP contribution in [0.15, 0.2) is 53.4 Å². The maximum absolute atomic E-state index is 12.1. The maximum atomic E-state index is 12.1. The first-order valence-corrected chi connectivity index (χ1v) is 11.6. The molecule has 152 valence electrons. The Morgan fingerprint density at radius 3 is 1.96 bits per heavy atom. The molecule has 0 aromatic heterocycles. The average molecular weight is 399 g/mol. The molecule has 0 unspecified atom stereocenters. The summed E-state index contributed by atoms with van der Waals surface area (Å²) in [5, 5.41) is 0.272. The zero-order valence-corrected chi connectivity index (χ0v) is 18.2. The maximum Gasteiger partial charge on any atom is 0.193 e. The Morgan fingerprint density at radius 2 is 1.32 bits per heavy atom. The first-order valence-electron chi connectivity index (χ1n) is 10.8. The number of unbranched alkanes of at least 4 members (excludes halogenated alkanes) is 6. The van der Waals surface area contributed by atoms with Crippen LogP contribution in [-0.4, -0.2) is 11.7 Å². The molecule has 0 atom stereocenters. The number of rotatable bonds is 13. The highest BCUT2D eigenvalue weighted by atomic mass is 32.2. The second-order valence-electron chi connectivity index (χ2n) is 7.24. The fraction of sp³-hybridized carbons (Fsp3) is 0.480. The van der Waals surface area contributed by atoms with Crippen molar-refractivity contribution in [2.24, 2.45) is 0 Å². The summed E-state index contributed by atoms with van der Waals surface area (Å²) in [6, 6.07) is 16.5. The van der Waals surface area contributed by atoms with Crippen LogP contribution in [0.5, 0.6) is 5.75 Å². The first-order chi connectivity index (χ1) is 13.7. The van der Waals surface area contributed by atoms with Crippen molar-refractivity contribution in [3.8, 4) is 16.9 Å². The van der Waals surface area contributed by atoms with Gasteiger partial charge in [0, 0.05) is 11.3 Å². The second-order valence-corrected chi connectivity index (χ2v) is 8.37. The van der Waals surface area contributed by atoms with Crippen molar-refractivity contribution >= 4 is 16.9 Å². The predicted octanol–water partition coefficient (Wildman–Crippen LogP) is 7.90. The topological polar surface area (TPSA) is 26.3 Å². The van der Waals surface area contributed by atoms with Crippen LogP contribution in [0.2, 0.25) is 0 Å². The molecule has 0 aliphatic rings. The molecular formula is C25H34O2S. The number of ether oxygens (including phenoxy) is 1. The minimum absolute atomic E-state index is 0.272. The van der Waals surface area contributed by atoms with Crippen molar-refractivity contribution in [2.45, 2.75) is 76.5 Å². The highest BCUT2D eigenvalue weighted by molar-refractivity contribution is 8.13. The Hall–Kier alpha value is -1.74. The molecule has 3 heteroatoms. The summed E-state index contributed by atoms with van der Waals surface area (Å²) in [6.07, 6.45) is 10.1. The van der Waals surface area contributed by atoms with Crippen molar-refractivity contribution in [2.75, 3.05) is 6.61 Å². The minimum atomic E-state index is 0.272. The number of hydrogen-bond acceptors (Lipinski definition) is 3. The Balaban J connectivity index is 1.79. The Kier molecular flexibility index (Phi) is 10.8. The van der Waals surface area contributed by atoms with Gasteiger partial charge in [0.2, 0.25) is 0 Å². The summed E-state index contributed by atoms with van der Waals surface area (Å²) in [5.41, 5.74) is 2.33. The van der Waals surface area contributed by atoms with Gasteiger partial charge in [-0.2, -0.15) is 0 Å². The molecule has 0 aliphatic carbocycles. The highest BCUT2D eigenvalue weighted by Gasteiger charge is 2.06. The van der Waals surface area contributed by atoms with Crippen molar-refractivity contribution < 1.29 is 9.53 Å². The lowest BCUT2D eigenvalue weighted by Gasteiger charge is -2.08. The van der Waals surface area contributed by atoms with Gasteiger partial charge in [0.05, 0.1) is 6.61 Å². The molecule has 0 spiro atoms. The average Bonchev–Trinajstić information content (AvgIpc) is 2.72. The molecule has 0 radical (unpaired) electrons. The van der Waals surface area contributed by atoms with Gasteiger partial charge in [-0.15, -0.1) is 0 Å². The molecule has 0 heterocycles. The largest absolute Gasteiger partial charge is 0.494 e. The van der Waals surface area contributed by atoms with E-state index in [0.29, 0.717) is 6.42 Å². The lowest BCUT2D eigenvalue weighted by molar-refractivity contribution is -0.111. The first kappa shape index (κ1) is 22.5. The zero-order valence-electron chi connectivity index (χ0n) is 17.4. The van der Waals surface area contributed by atoms with Crippen LogP contribution in [-0.2, 0) is 4.79 Å². The smallest absolute Gasteiger partial charge is 0.193 e. The Labute approximate surface area is 175 Å². The summed E-state index contributed by atoms with van der Waals surface area (Å²) in [4.78, 5) is 13.1. The Morgan fingerprint density at radius 1 is 0.750 bits per heavy atom. The van der Waals surface area contributed by atoms with Crippen LogP contribution in [0.25, 0.3) is 11.1 Å². The summed E-state index contributed by atoms with van der Waals surface area (Å²) in [7, 11) is 0. The SMILES string of the molecule is CCCCCCCC(=O)Sc1ccc(-c2ccc(OCCCCC)cc2)cc1. The molecule has 0 bridgehead atoms. The summed E-state index contributed by atoms with van der Waals surface area (Å²) >= 11 is 1.37. The van der Waals surface area contributed by atoms with Crippen LogP contribution >= 0.6 is 11.8 Å². The van der Waals surface area contributed by atoms with Gasteiger partial charge < -0.3 is 4.74 Å². The van der Waals surface area contributed by atoms with Crippen LogP contribution < -0.4 is 4.74 Å². The highest BCUT2D eigenvalue weighted by Crippen LogP contribution is 2.27. The van der Waals surface area contributed by atoms with Gasteiger partial charge in [-0.1, -0.05) is 88.4 Å². The van der Waals surface area contributed by atoms with E-state index in [1.165, 1.54) is 49.4 Å². The standard InChI is InChI=1S/C25H34O2S/c1-3-5-7-8-9-11-25(26)28-24-18-14-22(15-19-24)21-12-16-23(17-13-21)27-20-10-6-4-2/h12-19H,3-11,20H2,1-2H3. The molecule has 0 aliphatic heterocycles. The van der Waals surface area contributed by atoms with Crippen molar-refractivity contribution in [3.63, 3.8) is 0 Å². The Bertz CT molecular complexity index is 677. The molecule has 0 saturated carbocycles. The molecular weight excluding hydrogens is 364 g/mol. The van der Waals surface area contributed by atoms with Gasteiger partial charge >= 0.3 is 0 Å². The van der Waals surface area contributed by atoms with E-state index in [9.17, 15) is 4.79 Å². The monoisotopic (exact) mass is 398 g/mol. The van der Waals surface area contributed by atoms with Crippen LogP contribution in [0.3, 0.4) is 0 Å². The van der Waals surface area contributed by atoms with Crippen molar-refractivity contribution in [1.82, 2.24) is 0 Å². The van der Waals surface area contributed by atoms with E-state index in [1.807, 2.05) is 24.3 Å². The number of carbonyl (C=O) groups is 1. The number of hydrogen-bond donors (Lipinski definition) is 0. The third-order valence-electron chi connectivity index (χ3n) is 4.77. The molecule has 0 saturated heterocycles. The molecule has 28 heavy (non-hydrogen) atoms. The van der Waals surface area contributed by atoms with E-state index >= 15 is 0 Å². The minimum Gasteiger partial charge on any atom is -0.494 e. The molecule has 2 aromatic rings. The molecule has 0 fully saturated rings. The van der Waals surface area contributed by atoms with Crippen LogP contribution in [0.4, 0.5) is 0 Å². The summed E-state index contributed by atoms with van der Waals surface area (Å²) in [5.74, 6) is 0.927. The molecule has 2 rings (SSSR count). The quantitative estimate of drug-likeness (QED) is 0.253. The summed E-state index contributed by atoms with van der Waals surface area (Å²) < 4.78 is 5.77. The third kappa shape index (κ3) is 8.52. The van der Waals surface area contributed by atoms with E-state index in [-0.39, 0.29) is 5.12 Å². The molecule has 0 amide bonds. The molecule has 0 N–H and O–H groups in total. The van der Waals surface area contributed by atoms with Gasteiger partial charge in [-0.25, -0.2) is 0 Å². The number of thioether (sulfide) groups is 1. The van der Waals surface area contributed by atoms with Crippen molar-refractivity contribution in [3.05, 3.63) is 48.5 Å². The van der Waals surface area contributed by atoms with Crippen LogP contribution in [0, 0.1) is 0 Å². The van der Waals surface area contributed by atoms with E-state index < -0.39 is 0 Å². The van der Waals surface area contributed by atoms with Gasteiger partial charge in [-0.3, -0.25) is 4.79 Å². The molecule has 2 aromatic carbocycles. The lowest BCUT2D eigenvalue weighted by atomic mass is 10.1. The second kappa shape index (κ2) is 13.4. The lowest BCUT2D eigenvalue weighted by Crippen LogP contribution is -1.96. The number of benzene rings is 2. The van der Waals surface area contributed by atoms with Crippen LogP contribution in [0.1, 0.15) is 71.6 Å². The normalized spacial score (nSPS) is 10.8. The van der Waals surface area contributed by atoms with E-state index in [4.69, 9.17) is 4.74 Å². The van der Waals surface area contributed by atoms with Gasteiger partial charge in [-0.05, 0) is 48.2 Å². The zero-order chi connectivity index (χ0) is 20.0. The van der Waals surface area contributed by atoms with Gasteiger partial charge in [0.15, 0.2) is 5.12 Å². The van der Waals surface area contributed by atoms with Gasteiger partial charge in [0.25, 0.3) is 0 Å².